The van der Waals surface area contributed by atoms with E-state index in [4.69, 9.17) is 5.73 Å². The number of thiophene rings is 1. The van der Waals surface area contributed by atoms with Gasteiger partial charge in [-0.3, -0.25) is 4.79 Å². The highest BCUT2D eigenvalue weighted by Crippen LogP contribution is 2.31. The summed E-state index contributed by atoms with van der Waals surface area (Å²) in [6.07, 6.45) is 2.77. The Balaban J connectivity index is 2.72. The molecule has 0 saturated carbocycles. The standard InChI is InChI=1S/C14H23N3OS/c1-5-7-16-14(18)13-11(15)9-12(19-13)17(4)8-6-10(2)3/h5,9-10H,1,6-8,15H2,2-4H3,(H,16,18). The summed E-state index contributed by atoms with van der Waals surface area (Å²) in [5, 5.41) is 3.78. The molecule has 0 radical (unpaired) electrons. The van der Waals surface area contributed by atoms with Gasteiger partial charge in [0, 0.05) is 20.1 Å². The van der Waals surface area contributed by atoms with Crippen LogP contribution in [-0.4, -0.2) is 26.0 Å². The van der Waals surface area contributed by atoms with E-state index < -0.39 is 0 Å². The van der Waals surface area contributed by atoms with Gasteiger partial charge in [0.1, 0.15) is 4.88 Å². The van der Waals surface area contributed by atoms with Gasteiger partial charge < -0.3 is 16.0 Å². The summed E-state index contributed by atoms with van der Waals surface area (Å²) in [5.74, 6) is 0.529. The molecule has 0 atom stereocenters. The molecule has 0 unspecified atom stereocenters. The quantitative estimate of drug-likeness (QED) is 0.756. The molecule has 1 rings (SSSR count). The van der Waals surface area contributed by atoms with Crippen molar-refractivity contribution in [1.29, 1.82) is 0 Å². The predicted molar refractivity (Wildman–Crippen MR) is 84.0 cm³/mol. The minimum absolute atomic E-state index is 0.133. The van der Waals surface area contributed by atoms with Gasteiger partial charge in [-0.15, -0.1) is 17.9 Å². The molecule has 0 spiro atoms. The molecule has 106 valence electrons. The van der Waals surface area contributed by atoms with E-state index in [1.807, 2.05) is 13.1 Å². The highest BCUT2D eigenvalue weighted by molar-refractivity contribution is 7.18. The summed E-state index contributed by atoms with van der Waals surface area (Å²) in [4.78, 5) is 14.6. The minimum atomic E-state index is -0.133. The third kappa shape index (κ3) is 4.59. The first-order valence-electron chi connectivity index (χ1n) is 6.45. The Hall–Kier alpha value is -1.49. The van der Waals surface area contributed by atoms with Crippen molar-refractivity contribution < 1.29 is 4.79 Å². The molecule has 1 heterocycles. The van der Waals surface area contributed by atoms with E-state index in [-0.39, 0.29) is 5.91 Å². The molecule has 4 nitrogen and oxygen atoms in total. The van der Waals surface area contributed by atoms with E-state index >= 15 is 0 Å². The van der Waals surface area contributed by atoms with Gasteiger partial charge in [-0.25, -0.2) is 0 Å². The SMILES string of the molecule is C=CCNC(=O)c1sc(N(C)CCC(C)C)cc1N. The van der Waals surface area contributed by atoms with Crippen LogP contribution in [0.15, 0.2) is 18.7 Å². The zero-order chi connectivity index (χ0) is 14.4. The van der Waals surface area contributed by atoms with Crippen molar-refractivity contribution in [2.45, 2.75) is 20.3 Å². The Labute approximate surface area is 119 Å². The molecule has 0 aliphatic rings. The lowest BCUT2D eigenvalue weighted by atomic mass is 10.1. The van der Waals surface area contributed by atoms with Gasteiger partial charge in [0.05, 0.1) is 10.7 Å². The van der Waals surface area contributed by atoms with Crippen molar-refractivity contribution in [2.75, 3.05) is 30.8 Å². The number of carbonyl (C=O) groups excluding carboxylic acids is 1. The Kier molecular flexibility index (Phi) is 5.89. The number of hydrogen-bond acceptors (Lipinski definition) is 4. The number of anilines is 2. The number of nitrogens with zero attached hydrogens (tertiary/aromatic N) is 1. The Morgan fingerprint density at radius 3 is 2.89 bits per heavy atom. The Bertz CT molecular complexity index is 440. The fourth-order valence-corrected chi connectivity index (χ4v) is 2.55. The van der Waals surface area contributed by atoms with Crippen LogP contribution in [0, 0.1) is 5.92 Å². The average molecular weight is 281 g/mol. The maximum absolute atomic E-state index is 11.9. The van der Waals surface area contributed by atoms with Gasteiger partial charge in [-0.05, 0) is 18.4 Å². The topological polar surface area (TPSA) is 58.4 Å². The minimum Gasteiger partial charge on any atom is -0.397 e. The second-order valence-electron chi connectivity index (χ2n) is 4.97. The molecule has 0 fully saturated rings. The maximum Gasteiger partial charge on any atom is 0.263 e. The van der Waals surface area contributed by atoms with Crippen LogP contribution in [0.5, 0.6) is 0 Å². The van der Waals surface area contributed by atoms with Crippen molar-refractivity contribution in [2.24, 2.45) is 5.92 Å². The first-order chi connectivity index (χ1) is 8.95. The number of rotatable bonds is 7. The summed E-state index contributed by atoms with van der Waals surface area (Å²) < 4.78 is 0. The Morgan fingerprint density at radius 2 is 2.32 bits per heavy atom. The van der Waals surface area contributed by atoms with Crippen molar-refractivity contribution in [3.8, 4) is 0 Å². The van der Waals surface area contributed by atoms with E-state index in [2.05, 4.69) is 30.6 Å². The van der Waals surface area contributed by atoms with Gasteiger partial charge in [0.2, 0.25) is 0 Å². The van der Waals surface area contributed by atoms with E-state index in [9.17, 15) is 4.79 Å². The van der Waals surface area contributed by atoms with Gasteiger partial charge in [0.15, 0.2) is 0 Å². The second-order valence-corrected chi connectivity index (χ2v) is 6.00. The monoisotopic (exact) mass is 281 g/mol. The highest BCUT2D eigenvalue weighted by atomic mass is 32.1. The molecule has 0 aromatic carbocycles. The number of amides is 1. The molecule has 3 N–H and O–H groups in total. The van der Waals surface area contributed by atoms with Gasteiger partial charge >= 0.3 is 0 Å². The fourth-order valence-electron chi connectivity index (χ4n) is 1.56. The van der Waals surface area contributed by atoms with E-state index in [0.29, 0.717) is 23.0 Å². The third-order valence-corrected chi connectivity index (χ3v) is 4.04. The van der Waals surface area contributed by atoms with Crippen LogP contribution < -0.4 is 16.0 Å². The van der Waals surface area contributed by atoms with Crippen LogP contribution >= 0.6 is 11.3 Å². The normalized spacial score (nSPS) is 10.5. The molecular formula is C14H23N3OS. The summed E-state index contributed by atoms with van der Waals surface area (Å²) in [7, 11) is 2.03. The van der Waals surface area contributed by atoms with Crippen molar-refractivity contribution >= 4 is 27.9 Å². The first-order valence-corrected chi connectivity index (χ1v) is 7.26. The van der Waals surface area contributed by atoms with Crippen molar-refractivity contribution in [3.63, 3.8) is 0 Å². The summed E-state index contributed by atoms with van der Waals surface area (Å²) in [6, 6.07) is 1.87. The van der Waals surface area contributed by atoms with Crippen molar-refractivity contribution in [1.82, 2.24) is 5.32 Å². The zero-order valence-corrected chi connectivity index (χ0v) is 12.7. The first kappa shape index (κ1) is 15.6. The zero-order valence-electron chi connectivity index (χ0n) is 11.9. The van der Waals surface area contributed by atoms with Crippen LogP contribution in [-0.2, 0) is 0 Å². The van der Waals surface area contributed by atoms with Gasteiger partial charge in [-0.2, -0.15) is 0 Å². The molecule has 1 aromatic rings. The molecule has 0 bridgehead atoms. The lowest BCUT2D eigenvalue weighted by molar-refractivity contribution is 0.0963. The maximum atomic E-state index is 11.9. The molecular weight excluding hydrogens is 258 g/mol. The summed E-state index contributed by atoms with van der Waals surface area (Å²) >= 11 is 1.43. The fraction of sp³-hybridized carbons (Fsp3) is 0.500. The van der Waals surface area contributed by atoms with Gasteiger partial charge in [0.25, 0.3) is 5.91 Å². The lowest BCUT2D eigenvalue weighted by Gasteiger charge is -2.17. The van der Waals surface area contributed by atoms with Gasteiger partial charge in [-0.1, -0.05) is 19.9 Å². The lowest BCUT2D eigenvalue weighted by Crippen LogP contribution is -2.23. The van der Waals surface area contributed by atoms with Crippen LogP contribution in [0.2, 0.25) is 0 Å². The van der Waals surface area contributed by atoms with Crippen LogP contribution in [0.3, 0.4) is 0 Å². The Morgan fingerprint density at radius 1 is 1.63 bits per heavy atom. The predicted octanol–water partition coefficient (Wildman–Crippen LogP) is 2.73. The molecule has 19 heavy (non-hydrogen) atoms. The molecule has 0 aliphatic carbocycles. The molecule has 1 amide bonds. The molecule has 0 saturated heterocycles. The summed E-state index contributed by atoms with van der Waals surface area (Å²) in [5.41, 5.74) is 6.44. The number of carbonyl (C=O) groups is 1. The van der Waals surface area contributed by atoms with Crippen molar-refractivity contribution in [3.05, 3.63) is 23.6 Å². The third-order valence-electron chi connectivity index (χ3n) is 2.78. The van der Waals surface area contributed by atoms with Crippen LogP contribution in [0.25, 0.3) is 0 Å². The average Bonchev–Trinajstić information content (AvgIpc) is 2.75. The van der Waals surface area contributed by atoms with E-state index in [0.717, 1.165) is 18.0 Å². The van der Waals surface area contributed by atoms with Crippen LogP contribution in [0.4, 0.5) is 10.7 Å². The summed E-state index contributed by atoms with van der Waals surface area (Å²) in [6.45, 7) is 9.39. The van der Waals surface area contributed by atoms with E-state index in [1.165, 1.54) is 11.3 Å². The number of nitrogens with two attached hydrogens (primary N) is 1. The van der Waals surface area contributed by atoms with Crippen LogP contribution in [0.1, 0.15) is 29.9 Å². The number of nitrogen functional groups attached to an aromatic ring is 1. The largest absolute Gasteiger partial charge is 0.397 e. The number of nitrogens with one attached hydrogen (secondary N) is 1. The smallest absolute Gasteiger partial charge is 0.263 e. The van der Waals surface area contributed by atoms with E-state index in [1.54, 1.807) is 6.08 Å². The second kappa shape index (κ2) is 7.19. The number of hydrogen-bond donors (Lipinski definition) is 2. The molecule has 1 aromatic heterocycles. The molecule has 0 aliphatic heterocycles. The highest BCUT2D eigenvalue weighted by Gasteiger charge is 2.15. The molecule has 5 heteroatoms.